The third kappa shape index (κ3) is 4.26. The average molecular weight is 468 g/mol. The molecule has 0 N–H and O–H groups in total. The predicted molar refractivity (Wildman–Crippen MR) is 122 cm³/mol. The van der Waals surface area contributed by atoms with Crippen molar-refractivity contribution in [2.75, 3.05) is 38.8 Å². The van der Waals surface area contributed by atoms with Crippen LogP contribution in [0.1, 0.15) is 42.4 Å². The number of ether oxygens (including phenoxy) is 4. The van der Waals surface area contributed by atoms with Crippen molar-refractivity contribution in [1.29, 1.82) is 0 Å². The summed E-state index contributed by atoms with van der Waals surface area (Å²) >= 11 is 0. The summed E-state index contributed by atoms with van der Waals surface area (Å²) < 4.78 is 22.4. The number of aryl methyl sites for hydroxylation is 1. The van der Waals surface area contributed by atoms with Gasteiger partial charge < -0.3 is 23.8 Å². The van der Waals surface area contributed by atoms with E-state index in [9.17, 15) is 9.59 Å². The molecule has 3 heterocycles. The molecule has 180 valence electrons. The molecule has 34 heavy (non-hydrogen) atoms. The van der Waals surface area contributed by atoms with E-state index < -0.39 is 18.0 Å². The van der Waals surface area contributed by atoms with Crippen LogP contribution in [-0.4, -0.2) is 61.4 Å². The summed E-state index contributed by atoms with van der Waals surface area (Å²) in [5.74, 6) is 1.04. The molecule has 0 atom stereocenters. The number of nitrogens with zero attached hydrogens (tertiary/aromatic N) is 3. The van der Waals surface area contributed by atoms with Gasteiger partial charge in [-0.1, -0.05) is 18.2 Å². The third-order valence-electron chi connectivity index (χ3n) is 6.58. The second-order valence-corrected chi connectivity index (χ2v) is 8.82. The molecule has 9 nitrogen and oxygen atoms in total. The van der Waals surface area contributed by atoms with Crippen molar-refractivity contribution in [2.45, 2.75) is 44.1 Å². The van der Waals surface area contributed by atoms with Crippen LogP contribution in [0.25, 0.3) is 0 Å². The van der Waals surface area contributed by atoms with Crippen molar-refractivity contribution in [2.24, 2.45) is 0 Å². The van der Waals surface area contributed by atoms with Crippen LogP contribution < -0.4 is 9.64 Å². The van der Waals surface area contributed by atoms with Gasteiger partial charge in [0.15, 0.2) is 0 Å². The minimum atomic E-state index is -0.736. The third-order valence-corrected chi connectivity index (χ3v) is 6.58. The van der Waals surface area contributed by atoms with E-state index in [4.69, 9.17) is 23.9 Å². The lowest BCUT2D eigenvalue weighted by Gasteiger charge is -2.34. The molecule has 9 heteroatoms. The van der Waals surface area contributed by atoms with Crippen molar-refractivity contribution in [3.8, 4) is 5.75 Å². The fourth-order valence-corrected chi connectivity index (χ4v) is 4.66. The Bertz CT molecular complexity index is 1070. The zero-order chi connectivity index (χ0) is 23.7. The molecule has 0 unspecified atom stereocenters. The molecule has 1 saturated heterocycles. The maximum Gasteiger partial charge on any atom is 0.420 e. The van der Waals surface area contributed by atoms with Crippen molar-refractivity contribution in [3.63, 3.8) is 0 Å². The minimum Gasteiger partial charge on any atom is -0.410 e. The highest BCUT2D eigenvalue weighted by Crippen LogP contribution is 2.43. The van der Waals surface area contributed by atoms with E-state index >= 15 is 0 Å². The standard InChI is InChI=1S/C25H29N3O6/c1-31-22(32-2)20-18(16-27-13-14-33-25(10-11-25)23(27)29)15-17-7-6-12-28(21(17)26-20)24(30)34-19-8-4-3-5-9-19/h3-5,8-9,15,22H,6-7,10-14,16H2,1-2H3. The average Bonchev–Trinajstić information content (AvgIpc) is 3.63. The van der Waals surface area contributed by atoms with E-state index in [1.165, 1.54) is 0 Å². The minimum absolute atomic E-state index is 0.0295. The van der Waals surface area contributed by atoms with Crippen molar-refractivity contribution in [3.05, 3.63) is 53.2 Å². The smallest absolute Gasteiger partial charge is 0.410 e. The van der Waals surface area contributed by atoms with Gasteiger partial charge in [-0.3, -0.25) is 9.69 Å². The number of carbonyl (C=O) groups is 2. The SMILES string of the molecule is COC(OC)c1nc2c(cc1CN1CCOC3(CC3)C1=O)CCCN2C(=O)Oc1ccccc1. The molecule has 0 radical (unpaired) electrons. The van der Waals surface area contributed by atoms with Gasteiger partial charge in [0, 0.05) is 33.9 Å². The second-order valence-electron chi connectivity index (χ2n) is 8.82. The number of pyridine rings is 1. The number of amides is 2. The van der Waals surface area contributed by atoms with Crippen LogP contribution >= 0.6 is 0 Å². The maximum absolute atomic E-state index is 13.0. The number of aromatic nitrogens is 1. The number of rotatable bonds is 6. The van der Waals surface area contributed by atoms with E-state index in [0.717, 1.165) is 36.8 Å². The molecule has 2 fully saturated rings. The fraction of sp³-hybridized carbons (Fsp3) is 0.480. The summed E-state index contributed by atoms with van der Waals surface area (Å²) in [7, 11) is 3.08. The van der Waals surface area contributed by atoms with E-state index in [1.807, 2.05) is 29.2 Å². The molecule has 0 bridgehead atoms. The van der Waals surface area contributed by atoms with Crippen LogP contribution in [0.4, 0.5) is 10.6 Å². The summed E-state index contributed by atoms with van der Waals surface area (Å²) in [6, 6.07) is 11.0. The van der Waals surface area contributed by atoms with Crippen molar-refractivity contribution < 1.29 is 28.5 Å². The first-order valence-electron chi connectivity index (χ1n) is 11.6. The van der Waals surface area contributed by atoms with Gasteiger partial charge in [-0.2, -0.15) is 0 Å². The van der Waals surface area contributed by atoms with Gasteiger partial charge in [-0.25, -0.2) is 9.78 Å². The Labute approximate surface area is 198 Å². The quantitative estimate of drug-likeness (QED) is 0.603. The Morgan fingerprint density at radius 3 is 2.65 bits per heavy atom. The Balaban J connectivity index is 1.46. The molecule has 5 rings (SSSR count). The van der Waals surface area contributed by atoms with Crippen LogP contribution in [0.5, 0.6) is 5.75 Å². The van der Waals surface area contributed by atoms with Crippen molar-refractivity contribution in [1.82, 2.24) is 9.88 Å². The first kappa shape index (κ1) is 22.8. The van der Waals surface area contributed by atoms with Crippen LogP contribution in [0.3, 0.4) is 0 Å². The van der Waals surface area contributed by atoms with Crippen LogP contribution in [-0.2, 0) is 32.0 Å². The van der Waals surface area contributed by atoms with Crippen LogP contribution in [0.15, 0.2) is 36.4 Å². The molecule has 3 aliphatic rings. The Morgan fingerprint density at radius 2 is 1.94 bits per heavy atom. The Morgan fingerprint density at radius 1 is 1.18 bits per heavy atom. The van der Waals surface area contributed by atoms with Gasteiger partial charge in [-0.15, -0.1) is 0 Å². The number of para-hydroxylation sites is 1. The lowest BCUT2D eigenvalue weighted by Crippen LogP contribution is -2.49. The normalized spacial score (nSPS) is 18.9. The summed E-state index contributed by atoms with van der Waals surface area (Å²) in [6.45, 7) is 1.94. The zero-order valence-corrected chi connectivity index (χ0v) is 19.5. The Hall–Kier alpha value is -3.01. The van der Waals surface area contributed by atoms with E-state index in [0.29, 0.717) is 43.5 Å². The van der Waals surface area contributed by atoms with Crippen LogP contribution in [0, 0.1) is 0 Å². The fourth-order valence-electron chi connectivity index (χ4n) is 4.66. The number of anilines is 1. The lowest BCUT2D eigenvalue weighted by molar-refractivity contribution is -0.157. The number of carbonyl (C=O) groups excluding carboxylic acids is 2. The molecule has 2 aliphatic heterocycles. The summed E-state index contributed by atoms with van der Waals surface area (Å²) in [6.07, 6.45) is 1.89. The summed E-state index contributed by atoms with van der Waals surface area (Å²) in [4.78, 5) is 34.2. The molecule has 1 aromatic carbocycles. The highest BCUT2D eigenvalue weighted by Gasteiger charge is 2.55. The van der Waals surface area contributed by atoms with Gasteiger partial charge in [0.25, 0.3) is 5.91 Å². The highest BCUT2D eigenvalue weighted by atomic mass is 16.7. The predicted octanol–water partition coefficient (Wildman–Crippen LogP) is 3.22. The number of methoxy groups -OCH3 is 2. The largest absolute Gasteiger partial charge is 0.420 e. The monoisotopic (exact) mass is 467 g/mol. The first-order chi connectivity index (χ1) is 16.5. The number of hydrogen-bond acceptors (Lipinski definition) is 7. The molecule has 1 saturated carbocycles. The molecule has 1 aromatic heterocycles. The topological polar surface area (TPSA) is 90.4 Å². The van der Waals surface area contributed by atoms with E-state index in [2.05, 4.69) is 0 Å². The molecule has 1 aliphatic carbocycles. The molecular weight excluding hydrogens is 438 g/mol. The number of hydrogen-bond donors (Lipinski definition) is 0. The summed E-state index contributed by atoms with van der Waals surface area (Å²) in [5, 5.41) is 0. The molecular formula is C25H29N3O6. The lowest BCUT2D eigenvalue weighted by atomic mass is 10.0. The van der Waals surface area contributed by atoms with Crippen LogP contribution in [0.2, 0.25) is 0 Å². The van der Waals surface area contributed by atoms with E-state index in [1.54, 1.807) is 31.3 Å². The number of benzene rings is 1. The molecule has 1 spiro atoms. The van der Waals surface area contributed by atoms with E-state index in [-0.39, 0.29) is 5.91 Å². The van der Waals surface area contributed by atoms with Gasteiger partial charge in [0.2, 0.25) is 6.29 Å². The van der Waals surface area contributed by atoms with Gasteiger partial charge in [0.1, 0.15) is 22.9 Å². The molecule has 2 amide bonds. The zero-order valence-electron chi connectivity index (χ0n) is 19.5. The second kappa shape index (κ2) is 9.32. The number of morpholine rings is 1. The first-order valence-corrected chi connectivity index (χ1v) is 11.6. The maximum atomic E-state index is 13.0. The van der Waals surface area contributed by atoms with Gasteiger partial charge in [0.05, 0.1) is 6.61 Å². The van der Waals surface area contributed by atoms with Gasteiger partial charge in [-0.05, 0) is 55.0 Å². The Kier molecular flexibility index (Phi) is 6.24. The summed E-state index contributed by atoms with van der Waals surface area (Å²) in [5.41, 5.74) is 1.70. The van der Waals surface area contributed by atoms with Gasteiger partial charge >= 0.3 is 6.09 Å². The number of fused-ring (bicyclic) bond motifs is 1. The van der Waals surface area contributed by atoms with Crippen molar-refractivity contribution >= 4 is 17.8 Å². The molecule has 2 aromatic rings. The highest BCUT2D eigenvalue weighted by molar-refractivity contribution is 5.90.